The first-order valence-corrected chi connectivity index (χ1v) is 8.47. The van der Waals surface area contributed by atoms with Crippen LogP contribution in [-0.4, -0.2) is 56.0 Å². The molecular weight excluding hydrogens is 348 g/mol. The van der Waals surface area contributed by atoms with Crippen LogP contribution in [0.5, 0.6) is 0 Å². The molecule has 0 bridgehead atoms. The van der Waals surface area contributed by atoms with Crippen molar-refractivity contribution in [3.63, 3.8) is 0 Å². The molecule has 0 atom stereocenters. The van der Waals surface area contributed by atoms with Gasteiger partial charge in [-0.3, -0.25) is 4.79 Å². The van der Waals surface area contributed by atoms with Crippen LogP contribution in [0.15, 0.2) is 34.9 Å². The molecule has 10 heteroatoms. The second kappa shape index (κ2) is 7.77. The van der Waals surface area contributed by atoms with Gasteiger partial charge in [0, 0.05) is 25.8 Å². The highest BCUT2D eigenvalue weighted by molar-refractivity contribution is 5.89. The lowest BCUT2D eigenvalue weighted by molar-refractivity contribution is 0.0723. The van der Waals surface area contributed by atoms with Crippen LogP contribution >= 0.6 is 0 Å². The summed E-state index contributed by atoms with van der Waals surface area (Å²) in [5.41, 5.74) is 6.69. The fourth-order valence-corrected chi connectivity index (χ4v) is 2.45. The number of hydrogen-bond acceptors (Lipinski definition) is 9. The molecule has 0 spiro atoms. The van der Waals surface area contributed by atoms with E-state index in [1.54, 1.807) is 16.8 Å². The second-order valence-electron chi connectivity index (χ2n) is 5.61. The zero-order valence-corrected chi connectivity index (χ0v) is 15.3. The van der Waals surface area contributed by atoms with Crippen molar-refractivity contribution in [2.75, 3.05) is 30.8 Å². The highest BCUT2D eigenvalue weighted by Crippen LogP contribution is 2.22. The van der Waals surface area contributed by atoms with Crippen molar-refractivity contribution in [1.82, 2.24) is 30.0 Å². The molecule has 1 amide bonds. The van der Waals surface area contributed by atoms with Crippen molar-refractivity contribution in [2.24, 2.45) is 0 Å². The first-order valence-electron chi connectivity index (χ1n) is 8.47. The van der Waals surface area contributed by atoms with E-state index in [2.05, 4.69) is 25.1 Å². The monoisotopic (exact) mass is 368 g/mol. The summed E-state index contributed by atoms with van der Waals surface area (Å²) >= 11 is 0. The van der Waals surface area contributed by atoms with Crippen LogP contribution in [0.2, 0.25) is 0 Å². The van der Waals surface area contributed by atoms with E-state index >= 15 is 0 Å². The van der Waals surface area contributed by atoms with E-state index in [-0.39, 0.29) is 29.4 Å². The number of nitrogen functional groups attached to an aromatic ring is 1. The normalized spacial score (nSPS) is 10.6. The molecule has 10 nitrogen and oxygen atoms in total. The van der Waals surface area contributed by atoms with Gasteiger partial charge >= 0.3 is 11.8 Å². The molecule has 27 heavy (non-hydrogen) atoms. The fraction of sp³-hybridized carbons (Fsp3) is 0.294. The SMILES string of the molecule is CCN(CC)C(=O)c1nc(-c2nc(N)nc(N(C)c3ccccc3)n2)no1. The van der Waals surface area contributed by atoms with Gasteiger partial charge in [-0.15, -0.1) is 0 Å². The summed E-state index contributed by atoms with van der Waals surface area (Å²) in [7, 11) is 1.81. The third-order valence-electron chi connectivity index (χ3n) is 3.94. The Labute approximate surface area is 156 Å². The Morgan fingerprint density at radius 2 is 1.74 bits per heavy atom. The van der Waals surface area contributed by atoms with Crippen molar-refractivity contribution in [2.45, 2.75) is 13.8 Å². The summed E-state index contributed by atoms with van der Waals surface area (Å²) in [5.74, 6) is 0.0716. The number of carbonyl (C=O) groups is 1. The van der Waals surface area contributed by atoms with E-state index in [9.17, 15) is 4.79 Å². The Morgan fingerprint density at radius 1 is 1.04 bits per heavy atom. The Morgan fingerprint density at radius 3 is 2.41 bits per heavy atom. The van der Waals surface area contributed by atoms with Crippen molar-refractivity contribution in [1.29, 1.82) is 0 Å². The molecule has 0 aliphatic heterocycles. The first kappa shape index (κ1) is 18.2. The number of carbonyl (C=O) groups excluding carboxylic acids is 1. The average molecular weight is 368 g/mol. The Bertz CT molecular complexity index is 924. The van der Waals surface area contributed by atoms with Crippen LogP contribution in [0, 0.1) is 0 Å². The number of para-hydroxylation sites is 1. The van der Waals surface area contributed by atoms with Crippen molar-refractivity contribution < 1.29 is 9.32 Å². The number of rotatable bonds is 6. The summed E-state index contributed by atoms with van der Waals surface area (Å²) in [6.07, 6.45) is 0. The molecule has 0 saturated carbocycles. The summed E-state index contributed by atoms with van der Waals surface area (Å²) in [4.78, 5) is 32.3. The molecule has 3 rings (SSSR count). The summed E-state index contributed by atoms with van der Waals surface area (Å²) in [6, 6.07) is 9.55. The van der Waals surface area contributed by atoms with Gasteiger partial charge in [0.05, 0.1) is 0 Å². The third-order valence-corrected chi connectivity index (χ3v) is 3.94. The molecule has 140 valence electrons. The molecular formula is C17H20N8O2. The van der Waals surface area contributed by atoms with Crippen LogP contribution in [0.3, 0.4) is 0 Å². The van der Waals surface area contributed by atoms with E-state index in [1.807, 2.05) is 44.2 Å². The van der Waals surface area contributed by atoms with Gasteiger partial charge in [-0.2, -0.15) is 19.9 Å². The topological polar surface area (TPSA) is 127 Å². The number of amides is 1. The largest absolute Gasteiger partial charge is 0.368 e. The minimum atomic E-state index is -0.345. The van der Waals surface area contributed by atoms with Crippen molar-refractivity contribution in [3.8, 4) is 11.6 Å². The maximum atomic E-state index is 12.3. The number of benzene rings is 1. The molecule has 0 aliphatic carbocycles. The number of nitrogens with two attached hydrogens (primary N) is 1. The molecule has 2 N–H and O–H groups in total. The summed E-state index contributed by atoms with van der Waals surface area (Å²) < 4.78 is 5.08. The minimum absolute atomic E-state index is 0.0131. The number of nitrogens with zero attached hydrogens (tertiary/aromatic N) is 7. The van der Waals surface area contributed by atoms with Gasteiger partial charge in [0.15, 0.2) is 0 Å². The average Bonchev–Trinajstić information content (AvgIpc) is 3.19. The molecule has 2 aromatic heterocycles. The predicted octanol–water partition coefficient (Wildman–Crippen LogP) is 1.75. The molecule has 0 fully saturated rings. The minimum Gasteiger partial charge on any atom is -0.368 e. The van der Waals surface area contributed by atoms with Crippen LogP contribution in [0.25, 0.3) is 11.6 Å². The lowest BCUT2D eigenvalue weighted by Gasteiger charge is -2.17. The van der Waals surface area contributed by atoms with Crippen molar-refractivity contribution >= 4 is 23.5 Å². The maximum Gasteiger partial charge on any atom is 0.316 e. The van der Waals surface area contributed by atoms with Gasteiger partial charge in [0.1, 0.15) is 0 Å². The van der Waals surface area contributed by atoms with Crippen molar-refractivity contribution in [3.05, 3.63) is 36.2 Å². The standard InChI is InChI=1S/C17H20N8O2/c1-4-25(5-2)15(26)14-19-13(23-27-14)12-20-16(18)22-17(21-12)24(3)11-9-7-6-8-10-11/h6-10H,4-5H2,1-3H3,(H2,18,20,21,22). The van der Waals surface area contributed by atoms with Gasteiger partial charge < -0.3 is 20.1 Å². The third kappa shape index (κ3) is 3.84. The Hall–Kier alpha value is -3.56. The molecule has 2 heterocycles. The fourth-order valence-electron chi connectivity index (χ4n) is 2.45. The molecule has 0 aliphatic rings. The molecule has 0 saturated heterocycles. The van der Waals surface area contributed by atoms with Gasteiger partial charge in [-0.05, 0) is 26.0 Å². The summed E-state index contributed by atoms with van der Waals surface area (Å²) in [6.45, 7) is 4.82. The highest BCUT2D eigenvalue weighted by Gasteiger charge is 2.22. The molecule has 3 aromatic rings. The number of hydrogen-bond donors (Lipinski definition) is 1. The highest BCUT2D eigenvalue weighted by atomic mass is 16.5. The second-order valence-corrected chi connectivity index (χ2v) is 5.61. The van der Waals surface area contributed by atoms with Gasteiger partial charge in [0.2, 0.25) is 23.5 Å². The number of aromatic nitrogens is 5. The van der Waals surface area contributed by atoms with Gasteiger partial charge in [-0.25, -0.2) is 0 Å². The first-order chi connectivity index (χ1) is 13.0. The lowest BCUT2D eigenvalue weighted by Crippen LogP contribution is -2.30. The van der Waals surface area contributed by atoms with E-state index in [1.165, 1.54) is 0 Å². The van der Waals surface area contributed by atoms with E-state index in [0.29, 0.717) is 19.0 Å². The predicted molar refractivity (Wildman–Crippen MR) is 99.3 cm³/mol. The summed E-state index contributed by atoms with van der Waals surface area (Å²) in [5, 5.41) is 3.81. The molecule has 0 unspecified atom stereocenters. The van der Waals surface area contributed by atoms with E-state index in [0.717, 1.165) is 5.69 Å². The van der Waals surface area contributed by atoms with Crippen LogP contribution in [0.1, 0.15) is 24.5 Å². The zero-order valence-electron chi connectivity index (χ0n) is 15.3. The van der Waals surface area contributed by atoms with E-state index in [4.69, 9.17) is 10.3 Å². The Kier molecular flexibility index (Phi) is 5.25. The Balaban J connectivity index is 1.92. The molecule has 0 radical (unpaired) electrons. The maximum absolute atomic E-state index is 12.3. The van der Waals surface area contributed by atoms with Crippen LogP contribution in [0.4, 0.5) is 17.6 Å². The molecule has 1 aromatic carbocycles. The van der Waals surface area contributed by atoms with Crippen LogP contribution < -0.4 is 10.6 Å². The van der Waals surface area contributed by atoms with Crippen LogP contribution in [-0.2, 0) is 0 Å². The number of anilines is 3. The lowest BCUT2D eigenvalue weighted by atomic mass is 10.3. The van der Waals surface area contributed by atoms with E-state index < -0.39 is 0 Å². The quantitative estimate of drug-likeness (QED) is 0.692. The zero-order chi connectivity index (χ0) is 19.4. The van der Waals surface area contributed by atoms with Gasteiger partial charge in [-0.1, -0.05) is 23.4 Å². The smallest absolute Gasteiger partial charge is 0.316 e. The van der Waals surface area contributed by atoms with Gasteiger partial charge in [0.25, 0.3) is 0 Å².